The van der Waals surface area contributed by atoms with Crippen LogP contribution in [0.5, 0.6) is 0 Å². The van der Waals surface area contributed by atoms with Crippen LogP contribution in [0.1, 0.15) is 57.8 Å². The molecule has 3 heterocycles. The third kappa shape index (κ3) is 5.59. The number of pyridine rings is 1. The molecule has 0 aromatic carbocycles. The van der Waals surface area contributed by atoms with Crippen molar-refractivity contribution in [3.63, 3.8) is 0 Å². The Kier molecular flexibility index (Phi) is 13.0. The third-order valence-corrected chi connectivity index (χ3v) is 5.64. The van der Waals surface area contributed by atoms with E-state index in [0.29, 0.717) is 23.1 Å². The maximum atomic E-state index is 8.50. The van der Waals surface area contributed by atoms with Gasteiger partial charge in [-0.2, -0.15) is 0 Å². The molecule has 1 radical (unpaired) electrons. The van der Waals surface area contributed by atoms with Gasteiger partial charge in [-0.25, -0.2) is 4.98 Å². The Balaban J connectivity index is 0.00000234. The Morgan fingerprint density at radius 3 is 2.38 bits per heavy atom. The fourth-order valence-corrected chi connectivity index (χ4v) is 4.42. The molecule has 1 aliphatic heterocycles. The van der Waals surface area contributed by atoms with Gasteiger partial charge in [-0.15, -0.1) is 0 Å². The largest absolute Gasteiger partial charge is 0.630 e. The summed E-state index contributed by atoms with van der Waals surface area (Å²) in [6.07, 6.45) is 13.8. The van der Waals surface area contributed by atoms with E-state index in [0.717, 1.165) is 37.1 Å². The van der Waals surface area contributed by atoms with E-state index >= 15 is 0 Å². The number of nitrogens with one attached hydrogen (secondary N) is 1. The Morgan fingerprint density at radius 1 is 1.19 bits per heavy atom. The maximum Gasteiger partial charge on any atom is 0.116 e. The van der Waals surface area contributed by atoms with Gasteiger partial charge in [0.25, 0.3) is 0 Å². The minimum absolute atomic E-state index is 0. The molecule has 0 spiro atoms. The number of allylic oxidation sites excluding steroid dienone is 3. The van der Waals surface area contributed by atoms with Crippen molar-refractivity contribution in [3.05, 3.63) is 78.2 Å². The van der Waals surface area contributed by atoms with Gasteiger partial charge in [0.2, 0.25) is 0 Å². The summed E-state index contributed by atoms with van der Waals surface area (Å²) in [7, 11) is 1.50. The van der Waals surface area contributed by atoms with Gasteiger partial charge >= 0.3 is 0 Å². The molecule has 0 saturated carbocycles. The molecule has 7 heteroatoms. The van der Waals surface area contributed by atoms with E-state index in [1.54, 1.807) is 0 Å². The number of aromatic nitrogens is 3. The zero-order valence-electron chi connectivity index (χ0n) is 20.4. The molecule has 173 valence electrons. The van der Waals surface area contributed by atoms with Crippen LogP contribution in [0, 0.1) is 7.43 Å². The summed E-state index contributed by atoms with van der Waals surface area (Å²) in [5.41, 5.74) is 7.91. The van der Waals surface area contributed by atoms with Gasteiger partial charge in [-0.05, 0) is 44.5 Å². The molecular formula is C25H38N6Y-2. The molecule has 1 aliphatic rings. The van der Waals surface area contributed by atoms with Crippen LogP contribution in [0.2, 0.25) is 0 Å². The van der Waals surface area contributed by atoms with Gasteiger partial charge in [0.1, 0.15) is 5.82 Å². The summed E-state index contributed by atoms with van der Waals surface area (Å²) in [4.78, 5) is 11.1. The van der Waals surface area contributed by atoms with Crippen molar-refractivity contribution in [2.24, 2.45) is 5.73 Å². The van der Waals surface area contributed by atoms with E-state index in [2.05, 4.69) is 53.7 Å². The van der Waals surface area contributed by atoms with Crippen LogP contribution >= 0.6 is 0 Å². The molecule has 3 rings (SSSR count). The van der Waals surface area contributed by atoms with Gasteiger partial charge in [0.05, 0.1) is 29.1 Å². The Hall–Kier alpha value is -1.76. The molecule has 0 saturated heterocycles. The number of hydrogen-bond acceptors (Lipinski definition) is 4. The van der Waals surface area contributed by atoms with E-state index < -0.39 is 0 Å². The monoisotopic (exact) mass is 511 g/mol. The normalized spacial score (nSPS) is 14.5. The van der Waals surface area contributed by atoms with Crippen molar-refractivity contribution in [3.8, 4) is 0 Å². The van der Waals surface area contributed by atoms with Crippen LogP contribution in [0.25, 0.3) is 18.5 Å². The van der Waals surface area contributed by atoms with Gasteiger partial charge in [0.15, 0.2) is 0 Å². The number of imidazole rings is 1. The first-order chi connectivity index (χ1) is 14.5. The second kappa shape index (κ2) is 13.7. The van der Waals surface area contributed by atoms with Gasteiger partial charge in [0, 0.05) is 50.0 Å². The number of rotatable bonds is 7. The molecular weight excluding hydrogens is 473 g/mol. The number of hydrogen-bond donors (Lipinski definition) is 1. The van der Waals surface area contributed by atoms with Crippen LogP contribution in [0.3, 0.4) is 0 Å². The summed E-state index contributed by atoms with van der Waals surface area (Å²) >= 11 is 0. The summed E-state index contributed by atoms with van der Waals surface area (Å²) in [6.45, 7) is 15.4. The molecule has 0 fully saturated rings. The van der Waals surface area contributed by atoms with Crippen molar-refractivity contribution in [1.29, 1.82) is 0 Å². The predicted molar refractivity (Wildman–Crippen MR) is 134 cm³/mol. The fourth-order valence-electron chi connectivity index (χ4n) is 4.42. The number of nitrogens with zero attached hydrogens (tertiary/aromatic N) is 4. The van der Waals surface area contributed by atoms with Gasteiger partial charge in [-0.1, -0.05) is 52.0 Å². The van der Waals surface area contributed by atoms with Crippen LogP contribution in [-0.2, 0) is 44.7 Å². The summed E-state index contributed by atoms with van der Waals surface area (Å²) in [5, 5.41) is 1.32. The molecule has 0 amide bonds. The maximum absolute atomic E-state index is 8.50. The zero-order chi connectivity index (χ0) is 22.3. The van der Waals surface area contributed by atoms with E-state index in [9.17, 15) is 0 Å². The van der Waals surface area contributed by atoms with Gasteiger partial charge < -0.3 is 28.6 Å². The predicted octanol–water partition coefficient (Wildman–Crippen LogP) is 4.25. The van der Waals surface area contributed by atoms with Crippen LogP contribution in [-0.4, -0.2) is 21.7 Å². The molecule has 0 bridgehead atoms. The van der Waals surface area contributed by atoms with E-state index in [4.69, 9.17) is 5.84 Å². The van der Waals surface area contributed by atoms with Crippen molar-refractivity contribution in [1.82, 2.24) is 14.6 Å². The van der Waals surface area contributed by atoms with Crippen LogP contribution in [0.15, 0.2) is 42.9 Å². The minimum atomic E-state index is -0.0611. The van der Waals surface area contributed by atoms with Crippen molar-refractivity contribution >= 4 is 18.3 Å². The molecule has 0 aliphatic carbocycles. The van der Waals surface area contributed by atoms with Crippen LogP contribution < -0.4 is 21.3 Å². The zero-order valence-corrected chi connectivity index (χ0v) is 23.2. The third-order valence-electron chi connectivity index (χ3n) is 5.64. The van der Waals surface area contributed by atoms with E-state index in [-0.39, 0.29) is 45.6 Å². The van der Waals surface area contributed by atoms with Crippen LogP contribution in [0.4, 0.5) is 5.69 Å². The summed E-state index contributed by atoms with van der Waals surface area (Å²) in [5.74, 6) is 9.15. The average Bonchev–Trinajstić information content (AvgIpc) is 3.15. The molecule has 3 N–H and O–H groups in total. The van der Waals surface area contributed by atoms with Gasteiger partial charge in [-0.3, -0.25) is 4.98 Å². The summed E-state index contributed by atoms with van der Waals surface area (Å²) in [6, 6.07) is 2.14. The second-order valence-corrected chi connectivity index (χ2v) is 7.40. The average molecular weight is 512 g/mol. The Bertz CT molecular complexity index is 1000. The minimum Gasteiger partial charge on any atom is -0.630 e. The Morgan fingerprint density at radius 2 is 1.81 bits per heavy atom. The van der Waals surface area contributed by atoms with Crippen molar-refractivity contribution in [2.75, 3.05) is 11.9 Å². The molecule has 2 aromatic heterocycles. The smallest absolute Gasteiger partial charge is 0.116 e. The van der Waals surface area contributed by atoms with Crippen molar-refractivity contribution < 1.29 is 32.7 Å². The molecule has 0 unspecified atom stereocenters. The van der Waals surface area contributed by atoms with E-state index in [1.807, 2.05) is 37.5 Å². The number of anilines is 1. The number of nitrogens with two attached hydrogens (primary N) is 1. The first kappa shape index (κ1) is 30.2. The van der Waals surface area contributed by atoms with Crippen molar-refractivity contribution in [2.45, 2.75) is 58.4 Å². The topological polar surface area (TPSA) is 83.8 Å². The quantitative estimate of drug-likeness (QED) is 0.564. The fraction of sp³-hybridized carbons (Fsp3) is 0.400. The number of fused-ring (bicyclic) bond motifs is 1. The molecule has 0 atom stereocenters. The Labute approximate surface area is 219 Å². The first-order valence-electron chi connectivity index (χ1n) is 10.6. The molecule has 2 aromatic rings. The second-order valence-electron chi connectivity index (χ2n) is 7.40. The molecule has 6 nitrogen and oxygen atoms in total. The SMILES string of the molecule is C=C1N(Cc2nc(=C)/c(=C\C=C/C)n2[NH-])c2cnccc2C1(CCC)CCC.CN.[CH3-].[Y]. The van der Waals surface area contributed by atoms with E-state index in [1.165, 1.54) is 17.3 Å². The summed E-state index contributed by atoms with van der Waals surface area (Å²) < 4.78 is 1.38. The standard InChI is InChI=1S/C23H30N5.CH5N.CH3.Y/c1-6-9-10-20-17(4)26-22(28(20)24)16-27-18(5)23(12-7-2,13-8-3)19-11-14-25-15-21(19)27;1-2;;/h6,9-11,14-15,24H,4-5,7-8,12-13,16H2,1-3H3;2H2,1H3;1H3;/q-1;;-1;/b9-6-,20-10+;;;. The molecule has 32 heavy (non-hydrogen) atoms. The first-order valence-corrected chi connectivity index (χ1v) is 10.6.